The highest BCUT2D eigenvalue weighted by Gasteiger charge is 2.13. The molecule has 1 aliphatic rings. The van der Waals surface area contributed by atoms with Crippen LogP contribution in [0.4, 0.5) is 5.95 Å². The number of aryl methyl sites for hydroxylation is 1. The highest BCUT2D eigenvalue weighted by molar-refractivity contribution is 6.30. The number of aromatic nitrogens is 2. The molecule has 0 spiro atoms. The van der Waals surface area contributed by atoms with Crippen LogP contribution in [0, 0.1) is 6.92 Å². The molecule has 1 aromatic heterocycles. The molecule has 4 rings (SSSR count). The summed E-state index contributed by atoms with van der Waals surface area (Å²) < 4.78 is 10.7. The predicted molar refractivity (Wildman–Crippen MR) is 104 cm³/mol. The predicted octanol–water partition coefficient (Wildman–Crippen LogP) is 3.66. The number of aromatic amines is 1. The molecule has 0 unspecified atom stereocenters. The minimum atomic E-state index is -0.148. The number of ether oxygens (including phenoxy) is 2. The monoisotopic (exact) mass is 383 g/mol. The van der Waals surface area contributed by atoms with Crippen LogP contribution >= 0.6 is 11.6 Å². The maximum Gasteiger partial charge on any atom is 0.256 e. The van der Waals surface area contributed by atoms with Gasteiger partial charge in [-0.15, -0.1) is 0 Å². The Kier molecular flexibility index (Phi) is 4.73. The summed E-state index contributed by atoms with van der Waals surface area (Å²) in [5.74, 6) is 1.91. The SMILES string of the molecule is Cc1nc(NCc2ccc3c(c2)OCO3)[nH]c(=O)c1Cc1ccc(Cl)cc1. The van der Waals surface area contributed by atoms with Crippen molar-refractivity contribution >= 4 is 17.5 Å². The lowest BCUT2D eigenvalue weighted by atomic mass is 10.1. The molecule has 0 radical (unpaired) electrons. The van der Waals surface area contributed by atoms with E-state index in [1.54, 1.807) is 0 Å². The fourth-order valence-electron chi connectivity index (χ4n) is 2.95. The minimum Gasteiger partial charge on any atom is -0.454 e. The van der Waals surface area contributed by atoms with Gasteiger partial charge >= 0.3 is 0 Å². The second-order valence-electron chi connectivity index (χ2n) is 6.32. The first kappa shape index (κ1) is 17.4. The second kappa shape index (κ2) is 7.32. The third-order valence-electron chi connectivity index (χ3n) is 4.41. The Labute approximate surface area is 161 Å². The van der Waals surface area contributed by atoms with Crippen LogP contribution in [0.2, 0.25) is 5.02 Å². The Morgan fingerprint density at radius 3 is 2.63 bits per heavy atom. The van der Waals surface area contributed by atoms with Crippen molar-refractivity contribution in [3.05, 3.63) is 80.2 Å². The normalized spacial score (nSPS) is 12.2. The van der Waals surface area contributed by atoms with E-state index in [-0.39, 0.29) is 12.4 Å². The van der Waals surface area contributed by atoms with Crippen LogP contribution < -0.4 is 20.3 Å². The van der Waals surface area contributed by atoms with Gasteiger partial charge in [-0.2, -0.15) is 0 Å². The summed E-state index contributed by atoms with van der Waals surface area (Å²) >= 11 is 5.91. The van der Waals surface area contributed by atoms with Gasteiger partial charge < -0.3 is 14.8 Å². The van der Waals surface area contributed by atoms with Crippen molar-refractivity contribution in [1.82, 2.24) is 9.97 Å². The number of H-pyrrole nitrogens is 1. The van der Waals surface area contributed by atoms with Gasteiger partial charge in [-0.25, -0.2) is 4.98 Å². The Balaban J connectivity index is 1.48. The number of benzene rings is 2. The van der Waals surface area contributed by atoms with E-state index in [1.807, 2.05) is 49.4 Å². The van der Waals surface area contributed by atoms with Crippen molar-refractivity contribution < 1.29 is 9.47 Å². The standard InChI is InChI=1S/C20H18ClN3O3/c1-12-16(8-13-2-5-15(21)6-3-13)19(25)24-20(23-12)22-10-14-4-7-17-18(9-14)27-11-26-17/h2-7,9H,8,10-11H2,1H3,(H2,22,23,24,25). The zero-order valence-electron chi connectivity index (χ0n) is 14.7. The minimum absolute atomic E-state index is 0.148. The van der Waals surface area contributed by atoms with Crippen LogP contribution in [-0.4, -0.2) is 16.8 Å². The molecule has 0 amide bonds. The molecule has 3 aromatic rings. The summed E-state index contributed by atoms with van der Waals surface area (Å²) in [6.45, 7) is 2.59. The third kappa shape index (κ3) is 3.90. The maximum atomic E-state index is 12.5. The first-order valence-corrected chi connectivity index (χ1v) is 8.93. The molecule has 1 aliphatic heterocycles. The van der Waals surface area contributed by atoms with E-state index in [0.29, 0.717) is 35.2 Å². The Morgan fingerprint density at radius 2 is 1.85 bits per heavy atom. The fraction of sp³-hybridized carbons (Fsp3) is 0.200. The number of nitrogens with zero attached hydrogens (tertiary/aromatic N) is 1. The first-order chi connectivity index (χ1) is 13.1. The smallest absolute Gasteiger partial charge is 0.256 e. The molecule has 2 aromatic carbocycles. The van der Waals surface area contributed by atoms with Gasteiger partial charge in [-0.1, -0.05) is 29.8 Å². The van der Waals surface area contributed by atoms with Crippen LogP contribution in [0.25, 0.3) is 0 Å². The molecule has 0 fully saturated rings. The van der Waals surface area contributed by atoms with E-state index in [0.717, 1.165) is 22.6 Å². The zero-order valence-corrected chi connectivity index (χ0v) is 15.5. The lowest BCUT2D eigenvalue weighted by molar-refractivity contribution is 0.174. The Hall–Kier alpha value is -2.99. The molecule has 0 saturated heterocycles. The van der Waals surface area contributed by atoms with E-state index in [1.165, 1.54) is 0 Å². The zero-order chi connectivity index (χ0) is 18.8. The molecule has 27 heavy (non-hydrogen) atoms. The van der Waals surface area contributed by atoms with E-state index >= 15 is 0 Å². The van der Waals surface area contributed by atoms with Crippen molar-refractivity contribution in [3.63, 3.8) is 0 Å². The van der Waals surface area contributed by atoms with E-state index in [2.05, 4.69) is 15.3 Å². The largest absolute Gasteiger partial charge is 0.454 e. The summed E-state index contributed by atoms with van der Waals surface area (Å²) in [6.07, 6.45) is 0.508. The van der Waals surface area contributed by atoms with E-state index in [4.69, 9.17) is 21.1 Å². The summed E-state index contributed by atoms with van der Waals surface area (Å²) in [6, 6.07) is 13.2. The summed E-state index contributed by atoms with van der Waals surface area (Å²) in [5, 5.41) is 3.82. The van der Waals surface area contributed by atoms with Gasteiger partial charge in [-0.3, -0.25) is 9.78 Å². The van der Waals surface area contributed by atoms with Gasteiger partial charge in [0.25, 0.3) is 5.56 Å². The Bertz CT molecular complexity index is 1030. The number of hydrogen-bond acceptors (Lipinski definition) is 5. The van der Waals surface area contributed by atoms with Gasteiger partial charge in [0.05, 0.1) is 5.69 Å². The summed E-state index contributed by atoms with van der Waals surface area (Å²) in [4.78, 5) is 19.8. The van der Waals surface area contributed by atoms with Crippen molar-refractivity contribution in [1.29, 1.82) is 0 Å². The molecule has 6 nitrogen and oxygen atoms in total. The summed E-state index contributed by atoms with van der Waals surface area (Å²) in [7, 11) is 0. The number of rotatable bonds is 5. The number of halogens is 1. The lowest BCUT2D eigenvalue weighted by Gasteiger charge is -2.10. The fourth-order valence-corrected chi connectivity index (χ4v) is 3.07. The van der Waals surface area contributed by atoms with Crippen LogP contribution in [-0.2, 0) is 13.0 Å². The Morgan fingerprint density at radius 1 is 1.11 bits per heavy atom. The highest BCUT2D eigenvalue weighted by Crippen LogP contribution is 2.32. The van der Waals surface area contributed by atoms with Crippen molar-refractivity contribution in [2.24, 2.45) is 0 Å². The topological polar surface area (TPSA) is 76.2 Å². The van der Waals surface area contributed by atoms with E-state index in [9.17, 15) is 4.79 Å². The highest BCUT2D eigenvalue weighted by atomic mass is 35.5. The van der Waals surface area contributed by atoms with Crippen molar-refractivity contribution in [2.75, 3.05) is 12.1 Å². The van der Waals surface area contributed by atoms with Crippen molar-refractivity contribution in [3.8, 4) is 11.5 Å². The average Bonchev–Trinajstić information content (AvgIpc) is 3.12. The van der Waals surface area contributed by atoms with Gasteiger partial charge in [0.15, 0.2) is 11.5 Å². The molecule has 0 atom stereocenters. The van der Waals surface area contributed by atoms with Crippen LogP contribution in [0.1, 0.15) is 22.4 Å². The third-order valence-corrected chi connectivity index (χ3v) is 4.67. The molecule has 7 heteroatoms. The molecule has 2 N–H and O–H groups in total. The molecular weight excluding hydrogens is 366 g/mol. The number of hydrogen-bond donors (Lipinski definition) is 2. The first-order valence-electron chi connectivity index (χ1n) is 8.55. The quantitative estimate of drug-likeness (QED) is 0.703. The summed E-state index contributed by atoms with van der Waals surface area (Å²) in [5.41, 5.74) is 3.21. The van der Waals surface area contributed by atoms with Crippen molar-refractivity contribution in [2.45, 2.75) is 19.9 Å². The van der Waals surface area contributed by atoms with Gasteiger partial charge in [-0.05, 0) is 42.3 Å². The number of anilines is 1. The van der Waals surface area contributed by atoms with Crippen LogP contribution in [0.5, 0.6) is 11.5 Å². The number of fused-ring (bicyclic) bond motifs is 1. The second-order valence-corrected chi connectivity index (χ2v) is 6.76. The molecule has 0 aliphatic carbocycles. The average molecular weight is 384 g/mol. The van der Waals surface area contributed by atoms with Crippen LogP contribution in [0.15, 0.2) is 47.3 Å². The van der Waals surface area contributed by atoms with Crippen LogP contribution in [0.3, 0.4) is 0 Å². The molecule has 0 saturated carbocycles. The molecule has 0 bridgehead atoms. The number of nitrogens with one attached hydrogen (secondary N) is 2. The van der Waals surface area contributed by atoms with Gasteiger partial charge in [0, 0.05) is 23.6 Å². The lowest BCUT2D eigenvalue weighted by Crippen LogP contribution is -2.19. The van der Waals surface area contributed by atoms with Gasteiger partial charge in [0.2, 0.25) is 12.7 Å². The maximum absolute atomic E-state index is 12.5. The molecule has 138 valence electrons. The molecular formula is C20H18ClN3O3. The van der Waals surface area contributed by atoms with E-state index < -0.39 is 0 Å². The van der Waals surface area contributed by atoms with Gasteiger partial charge in [0.1, 0.15) is 0 Å². The molecule has 2 heterocycles.